The molecule has 0 radical (unpaired) electrons. The van der Waals surface area contributed by atoms with Crippen LogP contribution in [-0.2, 0) is 45.9 Å². The van der Waals surface area contributed by atoms with E-state index in [2.05, 4.69) is 20.5 Å². The van der Waals surface area contributed by atoms with E-state index in [9.17, 15) is 25.9 Å². The van der Waals surface area contributed by atoms with Crippen molar-refractivity contribution in [3.8, 4) is 11.1 Å². The Hall–Kier alpha value is -5.94. The number of rotatable bonds is 11. The molecule has 0 aliphatic rings. The summed E-state index contributed by atoms with van der Waals surface area (Å²) >= 11 is 0. The van der Waals surface area contributed by atoms with Gasteiger partial charge in [0.05, 0.1) is 34.1 Å². The molecule has 0 spiro atoms. The molecule has 0 atom stereocenters. The summed E-state index contributed by atoms with van der Waals surface area (Å²) in [5.41, 5.74) is 31.5. The number of nitrogen functional groups attached to an aromatic ring is 4. The van der Waals surface area contributed by atoms with Crippen LogP contribution in [0.5, 0.6) is 0 Å². The third kappa shape index (κ3) is 7.14. The Morgan fingerprint density at radius 3 is 0.982 bits per heavy atom. The minimum Gasteiger partial charge on any atom is -0.396 e. The highest BCUT2D eigenvalue weighted by atomic mass is 32.2. The zero-order chi connectivity index (χ0) is 40.7. The summed E-state index contributed by atoms with van der Waals surface area (Å²) in [7, 11) is -9.47. The summed E-state index contributed by atoms with van der Waals surface area (Å²) in [6.07, 6.45) is 2.34. The highest BCUT2D eigenvalue weighted by Gasteiger charge is 2.26. The maximum atomic E-state index is 12.4. The molecule has 0 fully saturated rings. The highest BCUT2D eigenvalue weighted by Crippen LogP contribution is 2.46. The van der Waals surface area contributed by atoms with Crippen molar-refractivity contribution < 1.29 is 25.9 Å². The van der Waals surface area contributed by atoms with Crippen LogP contribution >= 0.6 is 0 Å². The summed E-state index contributed by atoms with van der Waals surface area (Å²) in [4.78, 5) is -0.960. The van der Waals surface area contributed by atoms with Crippen LogP contribution in [-0.4, -0.2) is 25.9 Å². The minimum absolute atomic E-state index is 0.0594. The molecule has 0 heterocycles. The lowest BCUT2D eigenvalue weighted by Crippen LogP contribution is -2.06. The molecule has 0 saturated heterocycles. The van der Waals surface area contributed by atoms with Crippen LogP contribution in [0.2, 0.25) is 0 Å². The van der Waals surface area contributed by atoms with E-state index in [1.165, 1.54) is 12.1 Å². The lowest BCUT2D eigenvalue weighted by Gasteiger charge is -2.16. The first-order valence-electron chi connectivity index (χ1n) is 17.8. The lowest BCUT2D eigenvalue weighted by atomic mass is 9.92. The first-order chi connectivity index (χ1) is 26.5. The van der Waals surface area contributed by atoms with Crippen LogP contribution in [0, 0.1) is 0 Å². The molecule has 0 aromatic heterocycles. The van der Waals surface area contributed by atoms with Crippen molar-refractivity contribution >= 4 is 87.3 Å². The quantitative estimate of drug-likeness (QED) is 0.0411. The van der Waals surface area contributed by atoms with Crippen molar-refractivity contribution in [3.63, 3.8) is 0 Å². The van der Waals surface area contributed by atoms with Gasteiger partial charge < -0.3 is 22.9 Å². The van der Waals surface area contributed by atoms with Gasteiger partial charge in [0.2, 0.25) is 0 Å². The van der Waals surface area contributed by atoms with E-state index >= 15 is 0 Å². The number of hydrogen-bond donors (Lipinski definition) is 6. The fraction of sp³-hybridized carbons (Fsp3) is 0.200. The molecule has 0 aliphatic carbocycles. The summed E-state index contributed by atoms with van der Waals surface area (Å²) < 4.78 is 69.8. The fourth-order valence-electron chi connectivity index (χ4n) is 7.04. The second-order valence-electron chi connectivity index (χ2n) is 13.2. The summed E-state index contributed by atoms with van der Waals surface area (Å²) in [5.74, 6) is 0. The molecule has 14 nitrogen and oxygen atoms in total. The minimum atomic E-state index is -4.73. The Morgan fingerprint density at radius 2 is 0.714 bits per heavy atom. The van der Waals surface area contributed by atoms with Crippen LogP contribution in [0.1, 0.15) is 49.9 Å². The molecule has 0 unspecified atom stereocenters. The number of aryl methyl sites for hydroxylation is 4. The van der Waals surface area contributed by atoms with E-state index < -0.39 is 30.0 Å². The molecular formula is C40H42N8O6S2. The smallest absolute Gasteiger partial charge is 0.297 e. The van der Waals surface area contributed by atoms with Crippen LogP contribution in [0.15, 0.2) is 103 Å². The van der Waals surface area contributed by atoms with E-state index in [-0.39, 0.29) is 44.9 Å². The van der Waals surface area contributed by atoms with Gasteiger partial charge in [-0.1, -0.05) is 76.2 Å². The Bertz CT molecular complexity index is 2610. The van der Waals surface area contributed by atoms with Crippen LogP contribution in [0.3, 0.4) is 0 Å². The van der Waals surface area contributed by atoms with Crippen LogP contribution in [0.25, 0.3) is 32.7 Å². The predicted molar refractivity (Wildman–Crippen MR) is 223 cm³/mol. The normalized spacial score (nSPS) is 12.5. The molecule has 6 aromatic rings. The molecule has 290 valence electrons. The van der Waals surface area contributed by atoms with Crippen molar-refractivity contribution in [2.45, 2.75) is 63.2 Å². The van der Waals surface area contributed by atoms with Gasteiger partial charge >= 0.3 is 0 Å². The second-order valence-corrected chi connectivity index (χ2v) is 15.9. The van der Waals surface area contributed by atoms with Gasteiger partial charge in [0.1, 0.15) is 21.2 Å². The first-order valence-corrected chi connectivity index (χ1v) is 20.7. The predicted octanol–water partition coefficient (Wildman–Crippen LogP) is 9.56. The van der Waals surface area contributed by atoms with E-state index in [0.29, 0.717) is 47.8 Å². The Kier molecular flexibility index (Phi) is 10.9. The van der Waals surface area contributed by atoms with E-state index in [1.54, 1.807) is 36.4 Å². The fourth-order valence-corrected chi connectivity index (χ4v) is 8.70. The number of fused-ring (bicyclic) bond motifs is 2. The third-order valence-electron chi connectivity index (χ3n) is 9.84. The Balaban J connectivity index is 1.45. The number of hydrogen-bond acceptors (Lipinski definition) is 12. The second kappa shape index (κ2) is 15.3. The Labute approximate surface area is 324 Å². The molecule has 0 aliphatic heterocycles. The molecule has 0 amide bonds. The zero-order valence-electron chi connectivity index (χ0n) is 31.2. The van der Waals surface area contributed by atoms with Gasteiger partial charge in [0.25, 0.3) is 20.2 Å². The van der Waals surface area contributed by atoms with Gasteiger partial charge in [-0.3, -0.25) is 9.11 Å². The van der Waals surface area contributed by atoms with E-state index in [1.807, 2.05) is 52.0 Å². The van der Waals surface area contributed by atoms with Crippen molar-refractivity contribution in [1.29, 1.82) is 0 Å². The standard InChI is InChI=1S/C40H42N8O6S2/c1-5-21-17-25(18-22(6-2)35(21)45-47-37-31(41)27-13-9-11-15-29(27)39(33(37)43)55(49,50)51)26-19-23(7-3)36(24(8-4)20-26)46-48-38-32(42)28-14-10-12-16-30(28)40(34(38)44)56(52,53)54/h9-20H,5-8,41-44H2,1-4H3,(H,49,50,51)(H,52,53,54). The van der Waals surface area contributed by atoms with Gasteiger partial charge in [-0.15, -0.1) is 20.5 Å². The SMILES string of the molecule is CCc1cc(-c2cc(CC)c(N=Nc3c(N)c(S(=O)(=O)O)c4ccccc4c3N)c(CC)c2)cc(CC)c1N=Nc1c(N)c(S(=O)(=O)O)c2ccccc2c1N. The highest BCUT2D eigenvalue weighted by molar-refractivity contribution is 7.86. The summed E-state index contributed by atoms with van der Waals surface area (Å²) in [5, 5.41) is 19.0. The molecule has 56 heavy (non-hydrogen) atoms. The summed E-state index contributed by atoms with van der Waals surface area (Å²) in [6, 6.07) is 21.0. The number of nitrogens with two attached hydrogens (primary N) is 4. The van der Waals surface area contributed by atoms with Crippen molar-refractivity contribution in [2.24, 2.45) is 20.5 Å². The average Bonchev–Trinajstić information content (AvgIpc) is 3.16. The molecule has 6 rings (SSSR count). The molecule has 16 heteroatoms. The largest absolute Gasteiger partial charge is 0.396 e. The number of nitrogens with zero attached hydrogens (tertiary/aromatic N) is 4. The average molecular weight is 795 g/mol. The van der Waals surface area contributed by atoms with E-state index in [4.69, 9.17) is 22.9 Å². The zero-order valence-corrected chi connectivity index (χ0v) is 32.8. The van der Waals surface area contributed by atoms with Gasteiger partial charge in [-0.05, 0) is 83.3 Å². The third-order valence-corrected chi connectivity index (χ3v) is 11.8. The number of anilines is 4. The van der Waals surface area contributed by atoms with Crippen molar-refractivity contribution in [2.75, 3.05) is 22.9 Å². The van der Waals surface area contributed by atoms with Crippen molar-refractivity contribution in [3.05, 3.63) is 95.1 Å². The van der Waals surface area contributed by atoms with Crippen LogP contribution < -0.4 is 22.9 Å². The van der Waals surface area contributed by atoms with Gasteiger partial charge in [-0.2, -0.15) is 16.8 Å². The number of benzene rings is 6. The van der Waals surface area contributed by atoms with E-state index in [0.717, 1.165) is 33.4 Å². The van der Waals surface area contributed by atoms with Gasteiger partial charge in [0, 0.05) is 21.5 Å². The topological polar surface area (TPSA) is 262 Å². The molecule has 0 bridgehead atoms. The number of azo groups is 2. The molecular weight excluding hydrogens is 753 g/mol. The maximum Gasteiger partial charge on any atom is 0.297 e. The molecule has 0 saturated carbocycles. The maximum absolute atomic E-state index is 12.4. The van der Waals surface area contributed by atoms with Gasteiger partial charge in [0.15, 0.2) is 0 Å². The first kappa shape index (κ1) is 39.7. The molecule has 6 aromatic carbocycles. The Morgan fingerprint density at radius 1 is 0.446 bits per heavy atom. The van der Waals surface area contributed by atoms with Crippen molar-refractivity contribution in [1.82, 2.24) is 0 Å². The monoisotopic (exact) mass is 794 g/mol. The lowest BCUT2D eigenvalue weighted by molar-refractivity contribution is 0.482. The van der Waals surface area contributed by atoms with Crippen LogP contribution in [0.4, 0.5) is 45.5 Å². The molecule has 10 N–H and O–H groups in total. The van der Waals surface area contributed by atoms with Gasteiger partial charge in [-0.25, -0.2) is 0 Å². The summed E-state index contributed by atoms with van der Waals surface area (Å²) in [6.45, 7) is 7.96.